The van der Waals surface area contributed by atoms with Crippen molar-refractivity contribution in [3.05, 3.63) is 0 Å². The maximum atomic E-state index is 11.9. The van der Waals surface area contributed by atoms with E-state index in [2.05, 4.69) is 43.2 Å². The zero-order valence-corrected chi connectivity index (χ0v) is 12.1. The lowest BCUT2D eigenvalue weighted by atomic mass is 9.88. The van der Waals surface area contributed by atoms with Gasteiger partial charge in [-0.05, 0) is 27.7 Å². The molecule has 17 heavy (non-hydrogen) atoms. The fraction of sp³-hybridized carbons (Fsp3) is 0.923. The SMILES string of the molecule is CC(C)NCCN1C(C)(C)CNC(=O)C1(C)C. The minimum absolute atomic E-state index is 0.00999. The molecule has 1 aliphatic rings. The Morgan fingerprint density at radius 3 is 2.47 bits per heavy atom. The van der Waals surface area contributed by atoms with Crippen molar-refractivity contribution in [2.75, 3.05) is 19.6 Å². The zero-order chi connectivity index (χ0) is 13.3. The smallest absolute Gasteiger partial charge is 0.240 e. The predicted molar refractivity (Wildman–Crippen MR) is 71.0 cm³/mol. The fourth-order valence-corrected chi connectivity index (χ4v) is 2.53. The summed E-state index contributed by atoms with van der Waals surface area (Å²) < 4.78 is 0. The van der Waals surface area contributed by atoms with Crippen molar-refractivity contribution >= 4 is 5.91 Å². The third-order valence-corrected chi connectivity index (χ3v) is 3.53. The first-order valence-corrected chi connectivity index (χ1v) is 6.47. The minimum Gasteiger partial charge on any atom is -0.353 e. The van der Waals surface area contributed by atoms with Crippen LogP contribution in [0.3, 0.4) is 0 Å². The van der Waals surface area contributed by atoms with Crippen molar-refractivity contribution in [3.8, 4) is 0 Å². The molecule has 4 nitrogen and oxygen atoms in total. The fourth-order valence-electron chi connectivity index (χ4n) is 2.53. The largest absolute Gasteiger partial charge is 0.353 e. The molecule has 1 fully saturated rings. The van der Waals surface area contributed by atoms with Gasteiger partial charge in [-0.15, -0.1) is 0 Å². The first kappa shape index (κ1) is 14.5. The second-order valence-electron chi connectivity index (χ2n) is 6.31. The Balaban J connectivity index is 2.71. The number of amides is 1. The number of nitrogens with one attached hydrogen (secondary N) is 2. The van der Waals surface area contributed by atoms with E-state index >= 15 is 0 Å². The first-order chi connectivity index (χ1) is 7.68. The van der Waals surface area contributed by atoms with Crippen LogP contribution < -0.4 is 10.6 Å². The predicted octanol–water partition coefficient (Wildman–Crippen LogP) is 0.973. The maximum absolute atomic E-state index is 11.9. The molecule has 0 radical (unpaired) electrons. The number of hydrogen-bond donors (Lipinski definition) is 2. The van der Waals surface area contributed by atoms with E-state index in [9.17, 15) is 4.79 Å². The third kappa shape index (κ3) is 3.19. The summed E-state index contributed by atoms with van der Waals surface area (Å²) >= 11 is 0. The maximum Gasteiger partial charge on any atom is 0.240 e. The Labute approximate surface area is 105 Å². The molecule has 0 atom stereocenters. The highest BCUT2D eigenvalue weighted by atomic mass is 16.2. The Morgan fingerprint density at radius 1 is 1.35 bits per heavy atom. The quantitative estimate of drug-likeness (QED) is 0.771. The summed E-state index contributed by atoms with van der Waals surface area (Å²) in [6, 6.07) is 0.486. The van der Waals surface area contributed by atoms with Gasteiger partial charge in [0.2, 0.25) is 5.91 Å². The molecular formula is C13H27N3O. The highest BCUT2D eigenvalue weighted by molar-refractivity contribution is 5.86. The number of carbonyl (C=O) groups excluding carboxylic acids is 1. The molecule has 1 heterocycles. The van der Waals surface area contributed by atoms with Crippen LogP contribution in [-0.4, -0.2) is 47.6 Å². The van der Waals surface area contributed by atoms with Gasteiger partial charge >= 0.3 is 0 Å². The normalized spacial score (nSPS) is 23.8. The summed E-state index contributed by atoms with van der Waals surface area (Å²) in [6.45, 7) is 15.2. The molecule has 2 N–H and O–H groups in total. The molecule has 0 unspecified atom stereocenters. The van der Waals surface area contributed by atoms with Gasteiger partial charge in [0.15, 0.2) is 0 Å². The van der Waals surface area contributed by atoms with Crippen molar-refractivity contribution in [2.24, 2.45) is 0 Å². The molecule has 0 saturated carbocycles. The molecule has 1 amide bonds. The van der Waals surface area contributed by atoms with Crippen LogP contribution in [0, 0.1) is 0 Å². The summed E-state index contributed by atoms with van der Waals surface area (Å²) in [4.78, 5) is 14.2. The Hall–Kier alpha value is -0.610. The van der Waals surface area contributed by atoms with E-state index in [0.717, 1.165) is 19.6 Å². The first-order valence-electron chi connectivity index (χ1n) is 6.47. The number of rotatable bonds is 4. The summed E-state index contributed by atoms with van der Waals surface area (Å²) in [6.07, 6.45) is 0. The number of nitrogens with zero attached hydrogens (tertiary/aromatic N) is 1. The van der Waals surface area contributed by atoms with Crippen molar-refractivity contribution in [3.63, 3.8) is 0 Å². The van der Waals surface area contributed by atoms with Gasteiger partial charge < -0.3 is 10.6 Å². The van der Waals surface area contributed by atoms with Crippen LogP contribution in [0.1, 0.15) is 41.5 Å². The standard InChI is InChI=1S/C13H27N3O/c1-10(2)14-7-8-16-12(3,4)9-15-11(17)13(16,5)6/h10,14H,7-9H2,1-6H3,(H,15,17). The van der Waals surface area contributed by atoms with Gasteiger partial charge in [-0.1, -0.05) is 13.8 Å². The monoisotopic (exact) mass is 241 g/mol. The number of hydrogen-bond acceptors (Lipinski definition) is 3. The molecule has 0 aromatic rings. The number of carbonyl (C=O) groups is 1. The Morgan fingerprint density at radius 2 is 1.94 bits per heavy atom. The molecule has 0 aliphatic carbocycles. The van der Waals surface area contributed by atoms with Crippen molar-refractivity contribution in [1.82, 2.24) is 15.5 Å². The molecule has 1 saturated heterocycles. The van der Waals surface area contributed by atoms with Crippen LogP contribution in [-0.2, 0) is 4.79 Å². The highest BCUT2D eigenvalue weighted by Crippen LogP contribution is 2.28. The van der Waals surface area contributed by atoms with E-state index < -0.39 is 5.54 Å². The lowest BCUT2D eigenvalue weighted by Gasteiger charge is -2.51. The summed E-state index contributed by atoms with van der Waals surface area (Å²) in [5.41, 5.74) is -0.420. The summed E-state index contributed by atoms with van der Waals surface area (Å²) in [5.74, 6) is 0.126. The van der Waals surface area contributed by atoms with Gasteiger partial charge in [0.1, 0.15) is 0 Å². The van der Waals surface area contributed by atoms with E-state index in [0.29, 0.717) is 6.04 Å². The molecule has 1 rings (SSSR count). The van der Waals surface area contributed by atoms with Crippen LogP contribution in [0.4, 0.5) is 0 Å². The lowest BCUT2D eigenvalue weighted by Crippen LogP contribution is -2.71. The third-order valence-electron chi connectivity index (χ3n) is 3.53. The zero-order valence-electron chi connectivity index (χ0n) is 12.1. The minimum atomic E-state index is -0.430. The Kier molecular flexibility index (Phi) is 4.20. The second-order valence-corrected chi connectivity index (χ2v) is 6.31. The van der Waals surface area contributed by atoms with Crippen molar-refractivity contribution in [1.29, 1.82) is 0 Å². The average Bonchev–Trinajstić information content (AvgIpc) is 2.18. The van der Waals surface area contributed by atoms with E-state index in [1.807, 2.05) is 13.8 Å². The van der Waals surface area contributed by atoms with E-state index in [1.54, 1.807) is 0 Å². The lowest BCUT2D eigenvalue weighted by molar-refractivity contribution is -0.142. The van der Waals surface area contributed by atoms with Crippen molar-refractivity contribution < 1.29 is 4.79 Å². The summed E-state index contributed by atoms with van der Waals surface area (Å²) in [5, 5.41) is 6.40. The van der Waals surface area contributed by atoms with Gasteiger partial charge in [0.05, 0.1) is 5.54 Å². The van der Waals surface area contributed by atoms with E-state index in [4.69, 9.17) is 0 Å². The highest BCUT2D eigenvalue weighted by Gasteiger charge is 2.46. The molecule has 4 heteroatoms. The van der Waals surface area contributed by atoms with E-state index in [-0.39, 0.29) is 11.4 Å². The van der Waals surface area contributed by atoms with Crippen LogP contribution in [0.5, 0.6) is 0 Å². The van der Waals surface area contributed by atoms with Gasteiger partial charge in [0, 0.05) is 31.2 Å². The second kappa shape index (κ2) is 4.94. The molecular weight excluding hydrogens is 214 g/mol. The molecule has 0 bridgehead atoms. The van der Waals surface area contributed by atoms with Gasteiger partial charge in [-0.3, -0.25) is 9.69 Å². The topological polar surface area (TPSA) is 44.4 Å². The van der Waals surface area contributed by atoms with Gasteiger partial charge in [0.25, 0.3) is 0 Å². The molecule has 0 spiro atoms. The average molecular weight is 241 g/mol. The van der Waals surface area contributed by atoms with Crippen LogP contribution in [0.25, 0.3) is 0 Å². The summed E-state index contributed by atoms with van der Waals surface area (Å²) in [7, 11) is 0. The van der Waals surface area contributed by atoms with Crippen LogP contribution >= 0.6 is 0 Å². The van der Waals surface area contributed by atoms with Gasteiger partial charge in [-0.2, -0.15) is 0 Å². The molecule has 100 valence electrons. The van der Waals surface area contributed by atoms with Crippen LogP contribution in [0.2, 0.25) is 0 Å². The van der Waals surface area contributed by atoms with Crippen LogP contribution in [0.15, 0.2) is 0 Å². The molecule has 0 aromatic carbocycles. The molecule has 1 aliphatic heterocycles. The molecule has 0 aromatic heterocycles. The Bertz CT molecular complexity index is 284. The van der Waals surface area contributed by atoms with Crippen molar-refractivity contribution in [2.45, 2.75) is 58.7 Å². The number of piperazine rings is 1. The van der Waals surface area contributed by atoms with E-state index in [1.165, 1.54) is 0 Å². The van der Waals surface area contributed by atoms with Gasteiger partial charge in [-0.25, -0.2) is 0 Å².